The third kappa shape index (κ3) is 1.62. The van der Waals surface area contributed by atoms with E-state index in [0.717, 1.165) is 12.2 Å². The molecule has 0 unspecified atom stereocenters. The van der Waals surface area contributed by atoms with Crippen molar-refractivity contribution < 1.29 is 9.84 Å². The van der Waals surface area contributed by atoms with Crippen molar-refractivity contribution in [1.29, 1.82) is 0 Å². The van der Waals surface area contributed by atoms with Gasteiger partial charge < -0.3 is 9.84 Å². The molecule has 0 heterocycles. The molecule has 0 aromatic heterocycles. The van der Waals surface area contributed by atoms with Gasteiger partial charge in [-0.1, -0.05) is 18.2 Å². The zero-order valence-corrected chi connectivity index (χ0v) is 8.60. The average molecular weight is 192 g/mol. The lowest BCUT2D eigenvalue weighted by Crippen LogP contribution is -2.03. The molecule has 76 valence electrons. The summed E-state index contributed by atoms with van der Waals surface area (Å²) in [7, 11) is 1.69. The molecule has 0 bridgehead atoms. The second-order valence-electron chi connectivity index (χ2n) is 3.99. The molecular formula is C12H16O2. The number of hydrogen-bond acceptors (Lipinski definition) is 2. The maximum atomic E-state index is 9.45. The number of benzene rings is 1. The van der Waals surface area contributed by atoms with Crippen molar-refractivity contribution in [1.82, 2.24) is 0 Å². The van der Waals surface area contributed by atoms with Gasteiger partial charge in [0.1, 0.15) is 5.75 Å². The zero-order chi connectivity index (χ0) is 10.1. The Kier molecular flexibility index (Phi) is 2.46. The molecule has 1 saturated carbocycles. The molecule has 0 amide bonds. The highest BCUT2D eigenvalue weighted by Crippen LogP contribution is 2.51. The van der Waals surface area contributed by atoms with Gasteiger partial charge in [0.25, 0.3) is 0 Å². The molecule has 1 aromatic carbocycles. The van der Waals surface area contributed by atoms with Crippen LogP contribution in [0.25, 0.3) is 0 Å². The molecule has 0 spiro atoms. The second kappa shape index (κ2) is 3.62. The van der Waals surface area contributed by atoms with Crippen molar-refractivity contribution >= 4 is 0 Å². The van der Waals surface area contributed by atoms with E-state index >= 15 is 0 Å². The van der Waals surface area contributed by atoms with E-state index in [1.807, 2.05) is 25.1 Å². The first-order valence-corrected chi connectivity index (χ1v) is 5.05. The third-order valence-electron chi connectivity index (χ3n) is 3.00. The van der Waals surface area contributed by atoms with Crippen LogP contribution in [0.4, 0.5) is 0 Å². The highest BCUT2D eigenvalue weighted by molar-refractivity contribution is 5.39. The minimum atomic E-state index is -0.204. The lowest BCUT2D eigenvalue weighted by Gasteiger charge is -2.08. The van der Waals surface area contributed by atoms with Gasteiger partial charge in [0, 0.05) is 0 Å². The molecule has 2 rings (SSSR count). The van der Waals surface area contributed by atoms with E-state index in [4.69, 9.17) is 4.74 Å². The molecule has 2 heteroatoms. The molecule has 14 heavy (non-hydrogen) atoms. The van der Waals surface area contributed by atoms with Crippen LogP contribution in [0.1, 0.15) is 24.8 Å². The number of aliphatic hydroxyl groups excluding tert-OH is 1. The van der Waals surface area contributed by atoms with Crippen LogP contribution >= 0.6 is 0 Å². The topological polar surface area (TPSA) is 29.5 Å². The van der Waals surface area contributed by atoms with E-state index in [1.165, 1.54) is 5.56 Å². The first-order chi connectivity index (χ1) is 6.74. The molecular weight excluding hydrogens is 176 g/mol. The maximum absolute atomic E-state index is 9.45. The number of ether oxygens (including phenoxy) is 1. The van der Waals surface area contributed by atoms with Gasteiger partial charge in [-0.15, -0.1) is 0 Å². The molecule has 1 aliphatic rings. The van der Waals surface area contributed by atoms with Gasteiger partial charge in [0.15, 0.2) is 0 Å². The summed E-state index contributed by atoms with van der Waals surface area (Å²) >= 11 is 0. The van der Waals surface area contributed by atoms with E-state index < -0.39 is 0 Å². The van der Waals surface area contributed by atoms with E-state index in [0.29, 0.717) is 11.8 Å². The fourth-order valence-corrected chi connectivity index (χ4v) is 2.08. The number of aliphatic hydroxyl groups is 1. The molecule has 1 aromatic rings. The summed E-state index contributed by atoms with van der Waals surface area (Å²) in [5.74, 6) is 1.86. The Hall–Kier alpha value is -1.02. The summed E-state index contributed by atoms with van der Waals surface area (Å²) in [5.41, 5.74) is 1.24. The smallest absolute Gasteiger partial charge is 0.122 e. The normalized spacial score (nSPS) is 27.1. The second-order valence-corrected chi connectivity index (χ2v) is 3.99. The summed E-state index contributed by atoms with van der Waals surface area (Å²) in [6.07, 6.45) is 0.878. The Balaban J connectivity index is 2.18. The zero-order valence-electron chi connectivity index (χ0n) is 8.60. The van der Waals surface area contributed by atoms with Gasteiger partial charge in [0.05, 0.1) is 13.2 Å². The maximum Gasteiger partial charge on any atom is 0.122 e. The quantitative estimate of drug-likeness (QED) is 0.795. The summed E-state index contributed by atoms with van der Waals surface area (Å²) < 4.78 is 5.29. The summed E-state index contributed by atoms with van der Waals surface area (Å²) in [6.45, 7) is 1.86. The average Bonchev–Trinajstić information content (AvgIpc) is 2.97. The van der Waals surface area contributed by atoms with Crippen LogP contribution in [0.3, 0.4) is 0 Å². The van der Waals surface area contributed by atoms with Gasteiger partial charge in [0.2, 0.25) is 0 Å². The van der Waals surface area contributed by atoms with E-state index in [9.17, 15) is 5.11 Å². The summed E-state index contributed by atoms with van der Waals surface area (Å²) in [4.78, 5) is 0. The Morgan fingerprint density at radius 1 is 1.43 bits per heavy atom. The Bertz CT molecular complexity index is 320. The van der Waals surface area contributed by atoms with Crippen LogP contribution in [0.2, 0.25) is 0 Å². The molecule has 2 nitrogen and oxygen atoms in total. The third-order valence-corrected chi connectivity index (χ3v) is 3.00. The number of hydrogen-bond donors (Lipinski definition) is 1. The van der Waals surface area contributed by atoms with Gasteiger partial charge >= 0.3 is 0 Å². The number of methoxy groups -OCH3 is 1. The van der Waals surface area contributed by atoms with Crippen LogP contribution in [-0.2, 0) is 0 Å². The molecule has 1 N–H and O–H groups in total. The van der Waals surface area contributed by atoms with Crippen LogP contribution in [0, 0.1) is 5.92 Å². The van der Waals surface area contributed by atoms with Gasteiger partial charge in [-0.3, -0.25) is 0 Å². The molecule has 1 aliphatic carbocycles. The van der Waals surface area contributed by atoms with Gasteiger partial charge in [-0.2, -0.15) is 0 Å². The SMILES string of the molecule is COc1ccccc1[C@H]1C[C@@H]1[C@H](C)O. The van der Waals surface area contributed by atoms with Crippen molar-refractivity contribution in [2.75, 3.05) is 7.11 Å². The Morgan fingerprint density at radius 2 is 2.14 bits per heavy atom. The first kappa shape index (κ1) is 9.53. The molecule has 1 fully saturated rings. The lowest BCUT2D eigenvalue weighted by molar-refractivity contribution is 0.168. The summed E-state index contributed by atoms with van der Waals surface area (Å²) in [5, 5.41) is 9.45. The fraction of sp³-hybridized carbons (Fsp3) is 0.500. The molecule has 3 atom stereocenters. The van der Waals surface area contributed by atoms with Crippen molar-refractivity contribution in [3.63, 3.8) is 0 Å². The molecule has 0 radical (unpaired) electrons. The predicted molar refractivity (Wildman–Crippen MR) is 55.5 cm³/mol. The Morgan fingerprint density at radius 3 is 2.71 bits per heavy atom. The highest BCUT2D eigenvalue weighted by Gasteiger charge is 2.42. The van der Waals surface area contributed by atoms with E-state index in [-0.39, 0.29) is 6.10 Å². The minimum Gasteiger partial charge on any atom is -0.496 e. The minimum absolute atomic E-state index is 0.204. The van der Waals surface area contributed by atoms with Crippen LogP contribution in [0.5, 0.6) is 5.75 Å². The van der Waals surface area contributed by atoms with Crippen molar-refractivity contribution in [2.24, 2.45) is 5.92 Å². The van der Waals surface area contributed by atoms with Crippen molar-refractivity contribution in [3.05, 3.63) is 29.8 Å². The van der Waals surface area contributed by atoms with Gasteiger partial charge in [-0.05, 0) is 36.8 Å². The first-order valence-electron chi connectivity index (χ1n) is 5.05. The van der Waals surface area contributed by atoms with Crippen molar-refractivity contribution in [2.45, 2.75) is 25.4 Å². The predicted octanol–water partition coefficient (Wildman–Crippen LogP) is 2.18. The summed E-state index contributed by atoms with van der Waals surface area (Å²) in [6, 6.07) is 8.07. The number of rotatable bonds is 3. The highest BCUT2D eigenvalue weighted by atomic mass is 16.5. The Labute approximate surface area is 84.5 Å². The van der Waals surface area contributed by atoms with Crippen LogP contribution < -0.4 is 4.74 Å². The van der Waals surface area contributed by atoms with Crippen molar-refractivity contribution in [3.8, 4) is 5.75 Å². The standard InChI is InChI=1S/C12H16O2/c1-8(13)10-7-11(10)9-5-3-4-6-12(9)14-2/h3-6,8,10-11,13H,7H2,1-2H3/t8-,10+,11+/m0/s1. The largest absolute Gasteiger partial charge is 0.496 e. The van der Waals surface area contributed by atoms with Gasteiger partial charge in [-0.25, -0.2) is 0 Å². The monoisotopic (exact) mass is 192 g/mol. The van der Waals surface area contributed by atoms with E-state index in [2.05, 4.69) is 6.07 Å². The molecule has 0 aliphatic heterocycles. The molecule has 0 saturated heterocycles. The lowest BCUT2D eigenvalue weighted by atomic mass is 10.1. The van der Waals surface area contributed by atoms with Crippen LogP contribution in [0.15, 0.2) is 24.3 Å². The van der Waals surface area contributed by atoms with Crippen LogP contribution in [-0.4, -0.2) is 18.3 Å². The number of para-hydroxylation sites is 1. The fourth-order valence-electron chi connectivity index (χ4n) is 2.08. The van der Waals surface area contributed by atoms with E-state index in [1.54, 1.807) is 7.11 Å².